The van der Waals surface area contributed by atoms with Crippen LogP contribution in [0.1, 0.15) is 0 Å². The third kappa shape index (κ3) is 4.67. The molecule has 0 aliphatic carbocycles. The smallest absolute Gasteiger partial charge is 0.255 e. The molecule has 0 spiro atoms. The number of ether oxygens (including phenoxy) is 1. The molecule has 0 saturated carbocycles. The number of anilines is 2. The highest BCUT2D eigenvalue weighted by Crippen LogP contribution is 2.29. The van der Waals surface area contributed by atoms with E-state index in [2.05, 4.69) is 25.1 Å². The number of aromatic nitrogens is 6. The van der Waals surface area contributed by atoms with Gasteiger partial charge in [0.25, 0.3) is 5.91 Å². The number of hydrogen-bond acceptors (Lipinski definition) is 10. The molecule has 4 aromatic heterocycles. The van der Waals surface area contributed by atoms with Crippen molar-refractivity contribution in [2.24, 2.45) is 5.73 Å². The maximum absolute atomic E-state index is 14.5. The van der Waals surface area contributed by atoms with Gasteiger partial charge in [0.05, 0.1) is 30.1 Å². The topological polar surface area (TPSA) is 159 Å². The van der Waals surface area contributed by atoms with E-state index < -0.39 is 24.1 Å². The van der Waals surface area contributed by atoms with Gasteiger partial charge in [0.15, 0.2) is 35.2 Å². The Balaban J connectivity index is 1.13. The maximum Gasteiger partial charge on any atom is 0.255 e. The molecule has 1 fully saturated rings. The Morgan fingerprint density at radius 3 is 2.64 bits per heavy atom. The first kappa shape index (κ1) is 24.5. The van der Waals surface area contributed by atoms with Gasteiger partial charge in [0.2, 0.25) is 11.8 Å². The molecule has 202 valence electrons. The van der Waals surface area contributed by atoms with Crippen molar-refractivity contribution in [3.8, 4) is 17.3 Å². The Kier molecular flexibility index (Phi) is 6.18. The van der Waals surface area contributed by atoms with E-state index in [1.807, 2.05) is 4.90 Å². The Hall–Kier alpha value is -4.79. The Bertz CT molecular complexity index is 1660. The molecule has 4 N–H and O–H groups in total. The van der Waals surface area contributed by atoms with E-state index in [0.717, 1.165) is 6.07 Å². The highest BCUT2D eigenvalue weighted by atomic mass is 19.1. The van der Waals surface area contributed by atoms with Crippen molar-refractivity contribution in [2.45, 2.75) is 6.54 Å². The van der Waals surface area contributed by atoms with Crippen molar-refractivity contribution in [1.29, 1.82) is 0 Å². The lowest BCUT2D eigenvalue weighted by Crippen LogP contribution is -2.47. The number of amides is 1. The monoisotopic (exact) mass is 538 g/mol. The quantitative estimate of drug-likeness (QED) is 0.295. The summed E-state index contributed by atoms with van der Waals surface area (Å²) in [5, 5.41) is 9.60. The Morgan fingerprint density at radius 1 is 1.08 bits per heavy atom. The number of furan rings is 1. The second kappa shape index (κ2) is 9.83. The largest absolute Gasteiger partial charge is 0.481 e. The second-order valence-electron chi connectivity index (χ2n) is 9.04. The number of primary amides is 1. The number of rotatable bonds is 8. The third-order valence-electron chi connectivity index (χ3n) is 6.55. The van der Waals surface area contributed by atoms with E-state index in [-0.39, 0.29) is 17.4 Å². The summed E-state index contributed by atoms with van der Waals surface area (Å²) in [5.41, 5.74) is 12.6. The van der Waals surface area contributed by atoms with Crippen LogP contribution in [-0.4, -0.2) is 79.5 Å². The molecule has 1 aliphatic rings. The Labute approximate surface area is 219 Å². The Morgan fingerprint density at radius 2 is 1.90 bits per heavy atom. The van der Waals surface area contributed by atoms with Gasteiger partial charge in [-0.25, -0.2) is 18.4 Å². The molecule has 13 nitrogen and oxygen atoms in total. The van der Waals surface area contributed by atoms with Crippen LogP contribution < -0.4 is 21.1 Å². The number of carbonyl (C=O) groups excluding carboxylic acids is 1. The molecule has 5 aromatic rings. The van der Waals surface area contributed by atoms with Gasteiger partial charge in [0.1, 0.15) is 5.82 Å². The summed E-state index contributed by atoms with van der Waals surface area (Å²) in [5.74, 6) is -1.46. The van der Waals surface area contributed by atoms with Gasteiger partial charge in [0, 0.05) is 44.9 Å². The van der Waals surface area contributed by atoms with E-state index in [1.165, 1.54) is 10.6 Å². The number of hydrogen-bond donors (Lipinski definition) is 2. The lowest BCUT2D eigenvalue weighted by atomic mass is 10.2. The molecule has 6 rings (SSSR count). The first-order valence-corrected chi connectivity index (χ1v) is 12.2. The molecule has 0 atom stereocenters. The zero-order valence-electron chi connectivity index (χ0n) is 20.6. The van der Waals surface area contributed by atoms with Crippen LogP contribution in [0.5, 0.6) is 5.75 Å². The van der Waals surface area contributed by atoms with Gasteiger partial charge in [-0.1, -0.05) is 0 Å². The SMILES string of the molecule is NC(=O)COc1cc(N2CCN(CCn3ncc4c3nc(N)n3nc(-c5ccco5)nc43)CC2)c(F)cc1F. The zero-order chi connectivity index (χ0) is 27.1. The predicted molar refractivity (Wildman–Crippen MR) is 136 cm³/mol. The van der Waals surface area contributed by atoms with Crippen molar-refractivity contribution >= 4 is 34.2 Å². The maximum atomic E-state index is 14.5. The highest BCUT2D eigenvalue weighted by Gasteiger charge is 2.23. The van der Waals surface area contributed by atoms with Crippen molar-refractivity contribution in [2.75, 3.05) is 50.0 Å². The fourth-order valence-electron chi connectivity index (χ4n) is 4.60. The van der Waals surface area contributed by atoms with Crippen LogP contribution in [0.25, 0.3) is 28.3 Å². The minimum Gasteiger partial charge on any atom is -0.481 e. The summed E-state index contributed by atoms with van der Waals surface area (Å²) in [6, 6.07) is 5.53. The lowest BCUT2D eigenvalue weighted by molar-refractivity contribution is -0.120. The van der Waals surface area contributed by atoms with E-state index in [9.17, 15) is 13.6 Å². The van der Waals surface area contributed by atoms with Crippen molar-refractivity contribution in [3.63, 3.8) is 0 Å². The van der Waals surface area contributed by atoms with Gasteiger partial charge in [-0.05, 0) is 12.1 Å². The van der Waals surface area contributed by atoms with Crippen LogP contribution in [0, 0.1) is 11.6 Å². The molecule has 1 aromatic carbocycles. The van der Waals surface area contributed by atoms with Crippen LogP contribution in [0.3, 0.4) is 0 Å². The number of piperazine rings is 1. The normalized spacial score (nSPS) is 14.5. The van der Waals surface area contributed by atoms with Gasteiger partial charge >= 0.3 is 0 Å². The number of carbonyl (C=O) groups is 1. The van der Waals surface area contributed by atoms with E-state index in [1.54, 1.807) is 29.3 Å². The summed E-state index contributed by atoms with van der Waals surface area (Å²) < 4.78 is 42.3. The minimum atomic E-state index is -0.891. The van der Waals surface area contributed by atoms with Crippen LogP contribution in [0.2, 0.25) is 0 Å². The standard InChI is InChI=1S/C24H24F2N10O3/c25-15-10-16(26)19(39-13-20(27)37)11-17(15)34-6-3-33(4-7-34)5-8-35-22-14(12-29-35)23-30-21(18-2-1-9-38-18)32-36(23)24(28)31-22/h1-2,9-12H,3-8,13H2,(H2,27,37)(H2,28,31). The van der Waals surface area contributed by atoms with Gasteiger partial charge < -0.3 is 25.5 Å². The number of nitrogens with zero attached hydrogens (tertiary/aromatic N) is 8. The van der Waals surface area contributed by atoms with E-state index >= 15 is 0 Å². The van der Waals surface area contributed by atoms with Crippen molar-refractivity contribution < 1.29 is 22.7 Å². The molecular formula is C24H24F2N10O3. The first-order valence-electron chi connectivity index (χ1n) is 12.2. The molecule has 0 bridgehead atoms. The molecule has 0 radical (unpaired) electrons. The zero-order valence-corrected chi connectivity index (χ0v) is 20.6. The molecule has 1 amide bonds. The van der Waals surface area contributed by atoms with Crippen molar-refractivity contribution in [3.05, 3.63) is 48.4 Å². The number of fused-ring (bicyclic) bond motifs is 3. The third-order valence-corrected chi connectivity index (χ3v) is 6.55. The van der Waals surface area contributed by atoms with Crippen LogP contribution in [-0.2, 0) is 11.3 Å². The molecular weight excluding hydrogens is 514 g/mol. The summed E-state index contributed by atoms with van der Waals surface area (Å²) in [4.78, 5) is 24.1. The van der Waals surface area contributed by atoms with Crippen LogP contribution in [0.15, 0.2) is 41.1 Å². The summed E-state index contributed by atoms with van der Waals surface area (Å²) in [7, 11) is 0. The summed E-state index contributed by atoms with van der Waals surface area (Å²) >= 11 is 0. The van der Waals surface area contributed by atoms with E-state index in [4.69, 9.17) is 20.6 Å². The van der Waals surface area contributed by atoms with E-state index in [0.29, 0.717) is 67.5 Å². The number of halogens is 2. The van der Waals surface area contributed by atoms with Gasteiger partial charge in [-0.15, -0.1) is 5.10 Å². The molecule has 1 saturated heterocycles. The predicted octanol–water partition coefficient (Wildman–Crippen LogP) is 1.28. The average Bonchev–Trinajstić information content (AvgIpc) is 3.67. The molecule has 0 unspecified atom stereocenters. The summed E-state index contributed by atoms with van der Waals surface area (Å²) in [6.45, 7) is 3.03. The number of benzene rings is 1. The minimum absolute atomic E-state index is 0.179. The van der Waals surface area contributed by atoms with Gasteiger partial charge in [-0.3, -0.25) is 9.69 Å². The summed E-state index contributed by atoms with van der Waals surface area (Å²) in [6.07, 6.45) is 3.23. The van der Waals surface area contributed by atoms with Crippen LogP contribution in [0.4, 0.5) is 20.4 Å². The molecule has 1 aliphatic heterocycles. The average molecular weight is 539 g/mol. The number of nitrogen functional groups attached to an aromatic ring is 1. The van der Waals surface area contributed by atoms with Gasteiger partial charge in [-0.2, -0.15) is 14.6 Å². The lowest BCUT2D eigenvalue weighted by Gasteiger charge is -2.36. The molecule has 39 heavy (non-hydrogen) atoms. The fourth-order valence-corrected chi connectivity index (χ4v) is 4.60. The first-order chi connectivity index (χ1) is 18.9. The molecule has 15 heteroatoms. The second-order valence-corrected chi connectivity index (χ2v) is 9.04. The van der Waals surface area contributed by atoms with Crippen molar-refractivity contribution in [1.82, 2.24) is 34.3 Å². The molecule has 5 heterocycles. The highest BCUT2D eigenvalue weighted by molar-refractivity contribution is 5.90. The number of nitrogens with two attached hydrogens (primary N) is 2. The fraction of sp³-hybridized carbons (Fsp3) is 0.292. The van der Waals surface area contributed by atoms with Crippen LogP contribution >= 0.6 is 0 Å².